The predicted octanol–water partition coefficient (Wildman–Crippen LogP) is 4.47. The summed E-state index contributed by atoms with van der Waals surface area (Å²) < 4.78 is 46.5. The summed E-state index contributed by atoms with van der Waals surface area (Å²) in [5.41, 5.74) is 1.15. The second-order valence-corrected chi connectivity index (χ2v) is 13.2. The van der Waals surface area contributed by atoms with E-state index in [0.717, 1.165) is 44.1 Å². The molecule has 2 atom stereocenters. The van der Waals surface area contributed by atoms with Crippen LogP contribution < -0.4 is 5.32 Å². The van der Waals surface area contributed by atoms with Crippen molar-refractivity contribution in [3.05, 3.63) is 66.0 Å². The highest BCUT2D eigenvalue weighted by Crippen LogP contribution is 2.39. The summed E-state index contributed by atoms with van der Waals surface area (Å²) in [6.07, 6.45) is 5.90. The molecule has 2 aliphatic rings. The molecule has 1 aliphatic carbocycles. The summed E-state index contributed by atoms with van der Waals surface area (Å²) in [6.45, 7) is 1.92. The monoisotopic (exact) mass is 559 g/mol. The molecule has 1 amide bonds. The lowest BCUT2D eigenvalue weighted by Gasteiger charge is -2.37. The lowest BCUT2D eigenvalue weighted by atomic mass is 9.76. The molecule has 2 unspecified atom stereocenters. The number of amides is 1. The molecular weight excluding hydrogens is 517 g/mol. The zero-order valence-electron chi connectivity index (χ0n) is 23.1. The van der Waals surface area contributed by atoms with Gasteiger partial charge in [0.15, 0.2) is 0 Å². The van der Waals surface area contributed by atoms with E-state index in [9.17, 15) is 17.6 Å². The molecule has 2 aromatic carbocycles. The van der Waals surface area contributed by atoms with Gasteiger partial charge in [0.2, 0.25) is 15.9 Å². The number of ether oxygens (including phenoxy) is 1. The summed E-state index contributed by atoms with van der Waals surface area (Å²) in [4.78, 5) is 15.0. The number of nitrogens with one attached hydrogen (secondary N) is 1. The van der Waals surface area contributed by atoms with Gasteiger partial charge in [-0.2, -0.15) is 4.31 Å². The number of carbonyl (C=O) groups excluding carboxylic acids is 1. The fourth-order valence-corrected chi connectivity index (χ4v) is 7.69. The van der Waals surface area contributed by atoms with Crippen LogP contribution in [0.2, 0.25) is 0 Å². The molecule has 1 saturated carbocycles. The molecule has 1 aliphatic heterocycles. The van der Waals surface area contributed by atoms with Gasteiger partial charge >= 0.3 is 0 Å². The van der Waals surface area contributed by atoms with Crippen molar-refractivity contribution in [3.8, 4) is 0 Å². The fraction of sp³-hybridized carbons (Fsp3) is 0.567. The van der Waals surface area contributed by atoms with Crippen LogP contribution in [-0.2, 0) is 19.6 Å². The molecule has 39 heavy (non-hydrogen) atoms. The first-order valence-electron chi connectivity index (χ1n) is 14.1. The van der Waals surface area contributed by atoms with Crippen molar-refractivity contribution in [2.45, 2.75) is 49.5 Å². The molecule has 0 aromatic heterocycles. The third-order valence-corrected chi connectivity index (χ3v) is 10.0. The van der Waals surface area contributed by atoms with E-state index in [1.807, 2.05) is 12.1 Å². The molecule has 9 heteroatoms. The zero-order valence-corrected chi connectivity index (χ0v) is 23.9. The first-order chi connectivity index (χ1) is 18.7. The quantitative estimate of drug-likeness (QED) is 0.440. The third-order valence-electron chi connectivity index (χ3n) is 8.14. The van der Waals surface area contributed by atoms with Crippen LogP contribution in [0, 0.1) is 23.6 Å². The number of hydrogen-bond acceptors (Lipinski definition) is 5. The number of nitrogens with zero attached hydrogens (tertiary/aromatic N) is 2. The first kappa shape index (κ1) is 29.6. The summed E-state index contributed by atoms with van der Waals surface area (Å²) in [5, 5.41) is 3.03. The van der Waals surface area contributed by atoms with Gasteiger partial charge in [0.25, 0.3) is 0 Å². The van der Waals surface area contributed by atoms with Gasteiger partial charge < -0.3 is 15.0 Å². The average Bonchev–Trinajstić information content (AvgIpc) is 2.94. The van der Waals surface area contributed by atoms with Crippen LogP contribution in [0.15, 0.2) is 59.5 Å². The van der Waals surface area contributed by atoms with E-state index in [1.54, 1.807) is 30.3 Å². The molecule has 1 saturated heterocycles. The minimum Gasteiger partial charge on any atom is -0.371 e. The third kappa shape index (κ3) is 8.10. The molecular formula is C30H42FN3O4S. The Kier molecular flexibility index (Phi) is 10.5. The molecule has 2 fully saturated rings. The van der Waals surface area contributed by atoms with Crippen molar-refractivity contribution < 1.29 is 22.3 Å². The van der Waals surface area contributed by atoms with Crippen molar-refractivity contribution >= 4 is 15.9 Å². The number of hydrogen-bond donors (Lipinski definition) is 1. The van der Waals surface area contributed by atoms with Gasteiger partial charge in [-0.1, -0.05) is 30.3 Å². The maximum absolute atomic E-state index is 13.4. The van der Waals surface area contributed by atoms with E-state index in [-0.39, 0.29) is 30.3 Å². The van der Waals surface area contributed by atoms with Crippen LogP contribution in [0.4, 0.5) is 4.39 Å². The van der Waals surface area contributed by atoms with Crippen LogP contribution in [0.5, 0.6) is 0 Å². The first-order valence-corrected chi connectivity index (χ1v) is 15.5. The lowest BCUT2D eigenvalue weighted by molar-refractivity contribution is -0.126. The molecule has 0 radical (unpaired) electrons. The largest absolute Gasteiger partial charge is 0.371 e. The van der Waals surface area contributed by atoms with Crippen molar-refractivity contribution in [2.75, 3.05) is 46.9 Å². The van der Waals surface area contributed by atoms with Gasteiger partial charge in [-0.15, -0.1) is 0 Å². The van der Waals surface area contributed by atoms with Crippen LogP contribution in [-0.4, -0.2) is 70.5 Å². The Hall–Kier alpha value is -2.33. The predicted molar refractivity (Wildman–Crippen MR) is 150 cm³/mol. The molecule has 2 aromatic rings. The number of piperidine rings is 1. The highest BCUT2D eigenvalue weighted by atomic mass is 32.2. The van der Waals surface area contributed by atoms with Gasteiger partial charge in [0.05, 0.1) is 11.5 Å². The van der Waals surface area contributed by atoms with Crippen LogP contribution >= 0.6 is 0 Å². The average molecular weight is 560 g/mol. The van der Waals surface area contributed by atoms with E-state index < -0.39 is 10.0 Å². The van der Waals surface area contributed by atoms with Crippen LogP contribution in [0.1, 0.15) is 50.1 Å². The van der Waals surface area contributed by atoms with E-state index in [0.29, 0.717) is 43.0 Å². The highest BCUT2D eigenvalue weighted by molar-refractivity contribution is 7.89. The van der Waals surface area contributed by atoms with Crippen LogP contribution in [0.3, 0.4) is 0 Å². The van der Waals surface area contributed by atoms with Crippen molar-refractivity contribution in [1.82, 2.24) is 14.5 Å². The van der Waals surface area contributed by atoms with Gasteiger partial charge in [0, 0.05) is 25.7 Å². The summed E-state index contributed by atoms with van der Waals surface area (Å²) >= 11 is 0. The Labute approximate surface area is 232 Å². The van der Waals surface area contributed by atoms with E-state index in [2.05, 4.69) is 24.3 Å². The van der Waals surface area contributed by atoms with Crippen molar-refractivity contribution in [1.29, 1.82) is 0 Å². The molecule has 4 rings (SSSR count). The number of rotatable bonds is 11. The molecule has 7 nitrogen and oxygen atoms in total. The lowest BCUT2D eigenvalue weighted by Crippen LogP contribution is -2.41. The summed E-state index contributed by atoms with van der Waals surface area (Å²) in [5.74, 6) is 0.680. The highest BCUT2D eigenvalue weighted by Gasteiger charge is 2.31. The molecule has 0 spiro atoms. The second-order valence-electron chi connectivity index (χ2n) is 11.2. The number of carbonyl (C=O) groups is 1. The van der Waals surface area contributed by atoms with Gasteiger partial charge in [-0.25, -0.2) is 12.8 Å². The second kappa shape index (κ2) is 13.8. The number of halogens is 1. The van der Waals surface area contributed by atoms with E-state index >= 15 is 0 Å². The smallest absolute Gasteiger partial charge is 0.246 e. The molecule has 1 heterocycles. The summed E-state index contributed by atoms with van der Waals surface area (Å²) in [6, 6.07) is 15.6. The normalized spacial score (nSPS) is 23.4. The van der Waals surface area contributed by atoms with E-state index in [1.165, 1.54) is 16.4 Å². The maximum atomic E-state index is 13.4. The maximum Gasteiger partial charge on any atom is 0.246 e. The van der Waals surface area contributed by atoms with Crippen LogP contribution in [0.25, 0.3) is 0 Å². The zero-order chi connectivity index (χ0) is 27.8. The number of benzene rings is 2. The molecule has 1 N–H and O–H groups in total. The minimum absolute atomic E-state index is 0.00937. The van der Waals surface area contributed by atoms with E-state index in [4.69, 9.17) is 4.74 Å². The Morgan fingerprint density at radius 2 is 1.72 bits per heavy atom. The van der Waals surface area contributed by atoms with Crippen molar-refractivity contribution in [3.63, 3.8) is 0 Å². The van der Waals surface area contributed by atoms with Gasteiger partial charge in [-0.3, -0.25) is 4.79 Å². The minimum atomic E-state index is -3.51. The van der Waals surface area contributed by atoms with Crippen molar-refractivity contribution in [2.24, 2.45) is 17.8 Å². The Morgan fingerprint density at radius 1 is 1.03 bits per heavy atom. The number of sulfonamides is 1. The topological polar surface area (TPSA) is 79.0 Å². The van der Waals surface area contributed by atoms with Gasteiger partial charge in [0.1, 0.15) is 12.4 Å². The molecule has 0 bridgehead atoms. The Balaban J connectivity index is 1.15. The molecule has 214 valence electrons. The standard InChI is InChI=1S/C30H42FN3O4S/c1-33(2)30(26-14-16-27(31)17-15-26)25-12-10-23(11-13-25)19-32-29(35)22-38-21-24-7-6-18-34(20-24)39(36,37)28-8-4-3-5-9-28/h3-5,8-9,14-17,23-25,30H,6-7,10-13,18-22H2,1-2H3,(H,32,35). The van der Waals surface area contributed by atoms with Gasteiger partial charge in [-0.05, 0) is 100 Å². The SMILES string of the molecule is CN(C)C(c1ccc(F)cc1)C1CCC(CNC(=O)COCC2CCCN(S(=O)(=O)c3ccccc3)C2)CC1. The Bertz CT molecular complexity index is 1150. The fourth-order valence-electron chi connectivity index (χ4n) is 6.11. The summed E-state index contributed by atoms with van der Waals surface area (Å²) in [7, 11) is 0.645. The Morgan fingerprint density at radius 3 is 2.38 bits per heavy atom.